The summed E-state index contributed by atoms with van der Waals surface area (Å²) in [6.07, 6.45) is -0.758. The van der Waals surface area contributed by atoms with E-state index >= 15 is 0 Å². The van der Waals surface area contributed by atoms with Gasteiger partial charge in [-0.25, -0.2) is 4.79 Å². The predicted molar refractivity (Wildman–Crippen MR) is 143 cm³/mol. The molecule has 1 atom stereocenters. The molecule has 1 aliphatic rings. The molecular weight excluding hydrogens is 500 g/mol. The fourth-order valence-electron chi connectivity index (χ4n) is 4.56. The Labute approximate surface area is 226 Å². The van der Waals surface area contributed by atoms with E-state index in [4.69, 9.17) is 9.47 Å². The molecule has 4 rings (SSSR count). The van der Waals surface area contributed by atoms with Crippen LogP contribution in [0.2, 0.25) is 0 Å². The number of aliphatic imine (C=N–C) groups is 1. The maximum Gasteiger partial charge on any atom is 0.331 e. The summed E-state index contributed by atoms with van der Waals surface area (Å²) in [4.78, 5) is 39.6. The molecule has 3 aromatic rings. The van der Waals surface area contributed by atoms with E-state index in [0.29, 0.717) is 11.3 Å². The summed E-state index contributed by atoms with van der Waals surface area (Å²) < 4.78 is 14.9. The quantitative estimate of drug-likeness (QED) is 0.243. The lowest BCUT2D eigenvalue weighted by molar-refractivity contribution is -0.251. The third-order valence-electron chi connectivity index (χ3n) is 6.52. The number of rotatable bonds is 10. The number of nitrogens with one attached hydrogen (secondary N) is 1. The van der Waals surface area contributed by atoms with Crippen LogP contribution in [-0.4, -0.2) is 50.8 Å². The van der Waals surface area contributed by atoms with Crippen molar-refractivity contribution in [1.82, 2.24) is 0 Å². The van der Waals surface area contributed by atoms with Gasteiger partial charge in [0.2, 0.25) is 5.91 Å². The number of hydrogen-bond acceptors (Lipinski definition) is 8. The van der Waals surface area contributed by atoms with Gasteiger partial charge in [-0.05, 0) is 39.9 Å². The van der Waals surface area contributed by atoms with Gasteiger partial charge in [0.15, 0.2) is 6.04 Å². The molecule has 202 valence electrons. The predicted octanol–water partition coefficient (Wildman–Crippen LogP) is 3.21. The van der Waals surface area contributed by atoms with E-state index in [1.165, 1.54) is 14.2 Å². The average Bonchev–Trinajstić information content (AvgIpc) is 3.28. The van der Waals surface area contributed by atoms with Gasteiger partial charge in [0, 0.05) is 31.1 Å². The van der Waals surface area contributed by atoms with E-state index in [9.17, 15) is 19.5 Å². The molecule has 0 aliphatic heterocycles. The summed E-state index contributed by atoms with van der Waals surface area (Å²) in [5.74, 6) is -1.58. The standard InChI is InChI=1S/C30H30N2O7/c1-37-28(34)16-15-27(33)31-20-13-11-19(12-14-20)17-26(29(35)38-2)32-30(36)39-18-25-23-9-5-3-7-21(23)22-8-4-6-10-24(22)25/h3-14,25-26H,15-18H2,1-2H3,(H,31,33)(H,32,36)/p-1/t26-/m0/s1. The first-order valence-electron chi connectivity index (χ1n) is 12.5. The van der Waals surface area contributed by atoms with E-state index < -0.39 is 24.1 Å². The summed E-state index contributed by atoms with van der Waals surface area (Å²) in [5, 5.41) is 15.4. The number of hydrogen-bond donors (Lipinski definition) is 1. The van der Waals surface area contributed by atoms with Crippen LogP contribution in [-0.2, 0) is 35.0 Å². The Hall–Kier alpha value is -4.66. The maximum absolute atomic E-state index is 12.7. The van der Waals surface area contributed by atoms with Crippen molar-refractivity contribution >= 4 is 29.6 Å². The van der Waals surface area contributed by atoms with Crippen LogP contribution in [0.25, 0.3) is 11.1 Å². The Morgan fingerprint density at radius 1 is 0.872 bits per heavy atom. The minimum absolute atomic E-state index is 0.00213. The van der Waals surface area contributed by atoms with Crippen LogP contribution >= 0.6 is 0 Å². The van der Waals surface area contributed by atoms with E-state index in [0.717, 1.165) is 22.3 Å². The molecule has 0 radical (unpaired) electrons. The molecule has 9 heteroatoms. The highest BCUT2D eigenvalue weighted by Gasteiger charge is 2.27. The lowest BCUT2D eigenvalue weighted by Crippen LogP contribution is -2.31. The molecular formula is C30H29N2O7-. The topological polar surface area (TPSA) is 126 Å². The van der Waals surface area contributed by atoms with Gasteiger partial charge in [0.25, 0.3) is 0 Å². The molecule has 39 heavy (non-hydrogen) atoms. The summed E-state index contributed by atoms with van der Waals surface area (Å²) in [7, 11) is 2.50. The van der Waals surface area contributed by atoms with E-state index in [-0.39, 0.29) is 37.7 Å². The molecule has 0 spiro atoms. The number of ether oxygens (including phenoxy) is 3. The van der Waals surface area contributed by atoms with Crippen molar-refractivity contribution in [3.63, 3.8) is 0 Å². The molecule has 0 bridgehead atoms. The molecule has 1 aliphatic carbocycles. The first-order valence-corrected chi connectivity index (χ1v) is 12.5. The molecule has 1 N–H and O–H groups in total. The zero-order valence-electron chi connectivity index (χ0n) is 21.7. The lowest BCUT2D eigenvalue weighted by Gasteiger charge is -2.22. The Balaban J connectivity index is 1.39. The van der Waals surface area contributed by atoms with Crippen molar-refractivity contribution in [3.8, 4) is 11.1 Å². The molecule has 0 unspecified atom stereocenters. The Kier molecular flexibility index (Phi) is 8.94. The molecule has 1 amide bonds. The van der Waals surface area contributed by atoms with Crippen molar-refractivity contribution < 1.29 is 33.7 Å². The zero-order chi connectivity index (χ0) is 27.8. The molecule has 0 saturated heterocycles. The van der Waals surface area contributed by atoms with Crippen LogP contribution in [0.5, 0.6) is 0 Å². The number of fused-ring (bicyclic) bond motifs is 3. The number of benzene rings is 3. The van der Waals surface area contributed by atoms with Gasteiger partial charge in [-0.3, -0.25) is 14.6 Å². The highest BCUT2D eigenvalue weighted by molar-refractivity contribution is 5.92. The average molecular weight is 530 g/mol. The minimum atomic E-state index is -1.09. The summed E-state index contributed by atoms with van der Waals surface area (Å²) in [6.45, 7) is 0.0919. The highest BCUT2D eigenvalue weighted by Crippen LogP contribution is 2.44. The van der Waals surface area contributed by atoms with Crippen LogP contribution < -0.4 is 10.4 Å². The molecule has 0 heterocycles. The second kappa shape index (κ2) is 12.7. The van der Waals surface area contributed by atoms with Crippen LogP contribution in [0.1, 0.15) is 35.4 Å². The number of esters is 2. The van der Waals surface area contributed by atoms with Gasteiger partial charge in [0.1, 0.15) is 6.08 Å². The maximum atomic E-state index is 12.7. The summed E-state index contributed by atoms with van der Waals surface area (Å²) in [6, 6.07) is 21.6. The number of carbonyl (C=O) groups is 3. The molecule has 0 fully saturated rings. The van der Waals surface area contributed by atoms with E-state index in [1.807, 2.05) is 48.5 Å². The number of amides is 1. The fraction of sp³-hybridized carbons (Fsp3) is 0.267. The lowest BCUT2D eigenvalue weighted by atomic mass is 9.98. The SMILES string of the molecule is COC(=O)CCC(=O)Nc1ccc(C[C@H](N=C([O-])OCC2c3ccccc3-c3ccccc32)C(=O)OC)cc1. The fourth-order valence-corrected chi connectivity index (χ4v) is 4.56. The minimum Gasteiger partial charge on any atom is -0.599 e. The Bertz CT molecular complexity index is 1320. The van der Waals surface area contributed by atoms with Crippen molar-refractivity contribution in [2.24, 2.45) is 4.99 Å². The molecule has 3 aromatic carbocycles. The number of nitrogens with zero attached hydrogens (tertiary/aromatic N) is 1. The third kappa shape index (κ3) is 6.81. The molecule has 0 aromatic heterocycles. The van der Waals surface area contributed by atoms with E-state index in [1.54, 1.807) is 24.3 Å². The first kappa shape index (κ1) is 27.4. The largest absolute Gasteiger partial charge is 0.599 e. The Morgan fingerprint density at radius 3 is 2.08 bits per heavy atom. The van der Waals surface area contributed by atoms with Crippen LogP contribution in [0.15, 0.2) is 77.8 Å². The normalized spacial score (nSPS) is 13.1. The number of methoxy groups -OCH3 is 2. The molecule has 0 saturated carbocycles. The van der Waals surface area contributed by atoms with Gasteiger partial charge in [-0.1, -0.05) is 60.7 Å². The number of anilines is 1. The number of carbonyl (C=O) groups excluding carboxylic acids is 3. The smallest absolute Gasteiger partial charge is 0.331 e. The summed E-state index contributed by atoms with van der Waals surface area (Å²) in [5.41, 5.74) is 5.61. The van der Waals surface area contributed by atoms with Gasteiger partial charge in [-0.2, -0.15) is 0 Å². The van der Waals surface area contributed by atoms with Crippen molar-refractivity contribution in [2.75, 3.05) is 26.1 Å². The second-order valence-electron chi connectivity index (χ2n) is 9.00. The monoisotopic (exact) mass is 529 g/mol. The molecule has 9 nitrogen and oxygen atoms in total. The Morgan fingerprint density at radius 2 is 1.49 bits per heavy atom. The van der Waals surface area contributed by atoms with Gasteiger partial charge >= 0.3 is 11.9 Å². The van der Waals surface area contributed by atoms with Gasteiger partial charge in [0.05, 0.1) is 20.6 Å². The van der Waals surface area contributed by atoms with Crippen LogP contribution in [0.3, 0.4) is 0 Å². The van der Waals surface area contributed by atoms with Crippen LogP contribution in [0.4, 0.5) is 5.69 Å². The van der Waals surface area contributed by atoms with Gasteiger partial charge < -0.3 is 24.6 Å². The summed E-state index contributed by atoms with van der Waals surface area (Å²) >= 11 is 0. The van der Waals surface area contributed by atoms with Gasteiger partial charge in [-0.15, -0.1) is 0 Å². The first-order chi connectivity index (χ1) is 18.9. The van der Waals surface area contributed by atoms with Crippen molar-refractivity contribution in [1.29, 1.82) is 0 Å². The van der Waals surface area contributed by atoms with Crippen LogP contribution in [0, 0.1) is 0 Å². The third-order valence-corrected chi connectivity index (χ3v) is 6.52. The second-order valence-corrected chi connectivity index (χ2v) is 9.00. The van der Waals surface area contributed by atoms with Crippen molar-refractivity contribution in [3.05, 3.63) is 89.5 Å². The van der Waals surface area contributed by atoms with Crippen molar-refractivity contribution in [2.45, 2.75) is 31.2 Å². The van der Waals surface area contributed by atoms with E-state index in [2.05, 4.69) is 15.0 Å². The zero-order valence-corrected chi connectivity index (χ0v) is 21.7. The highest BCUT2D eigenvalue weighted by atomic mass is 16.6.